The standard InChI is InChI=1S/C31H23N3O7/c1-19-8-5-6-13-25(19)32-29(35)26-27(20-14-16-24(17-15-20)40-31(37)21-9-3-2-4-10-21)33(41-28(26)30(32)36)22-11-7-12-23(18-22)34(38)39/h2-18,26-28H,1H3/t26-,27-,28-/m1/s1. The number of imide groups is 1. The van der Waals surface area contributed by atoms with Gasteiger partial charge in [0.05, 0.1) is 27.9 Å². The molecule has 2 aliphatic rings. The van der Waals surface area contributed by atoms with Gasteiger partial charge < -0.3 is 4.74 Å². The van der Waals surface area contributed by atoms with Crippen molar-refractivity contribution >= 4 is 34.8 Å². The van der Waals surface area contributed by atoms with Gasteiger partial charge >= 0.3 is 5.97 Å². The molecule has 4 aromatic rings. The van der Waals surface area contributed by atoms with Crippen LogP contribution in [0.5, 0.6) is 5.75 Å². The number of hydrogen-bond donors (Lipinski definition) is 0. The van der Waals surface area contributed by atoms with E-state index < -0.39 is 40.8 Å². The molecular weight excluding hydrogens is 526 g/mol. The van der Waals surface area contributed by atoms with E-state index in [1.54, 1.807) is 72.8 Å². The van der Waals surface area contributed by atoms with Crippen molar-refractivity contribution < 1.29 is 28.9 Å². The minimum atomic E-state index is -1.14. The van der Waals surface area contributed by atoms with Crippen LogP contribution in [0.15, 0.2) is 103 Å². The van der Waals surface area contributed by atoms with E-state index in [9.17, 15) is 24.5 Å². The molecule has 0 unspecified atom stereocenters. The highest BCUT2D eigenvalue weighted by Crippen LogP contribution is 2.48. The van der Waals surface area contributed by atoms with Crippen molar-refractivity contribution in [1.82, 2.24) is 0 Å². The number of hydroxylamine groups is 1. The van der Waals surface area contributed by atoms with Crippen molar-refractivity contribution in [1.29, 1.82) is 0 Å². The summed E-state index contributed by atoms with van der Waals surface area (Å²) in [6, 6.07) is 27.2. The van der Waals surface area contributed by atoms with Crippen molar-refractivity contribution in [3.63, 3.8) is 0 Å². The number of amides is 2. The molecule has 0 spiro atoms. The van der Waals surface area contributed by atoms with Gasteiger partial charge in [-0.2, -0.15) is 0 Å². The predicted molar refractivity (Wildman–Crippen MR) is 148 cm³/mol. The van der Waals surface area contributed by atoms with Crippen LogP contribution in [-0.2, 0) is 14.4 Å². The fourth-order valence-corrected chi connectivity index (χ4v) is 5.25. The van der Waals surface area contributed by atoms with Crippen LogP contribution in [0.25, 0.3) is 0 Å². The van der Waals surface area contributed by atoms with Gasteiger partial charge in [0.25, 0.3) is 11.6 Å². The second-order valence-corrected chi connectivity index (χ2v) is 9.72. The Labute approximate surface area is 234 Å². The highest BCUT2D eigenvalue weighted by atomic mass is 16.7. The molecule has 0 bridgehead atoms. The van der Waals surface area contributed by atoms with Gasteiger partial charge in [0.2, 0.25) is 5.91 Å². The van der Waals surface area contributed by atoms with Crippen molar-refractivity contribution in [3.8, 4) is 5.75 Å². The second kappa shape index (κ2) is 10.3. The van der Waals surface area contributed by atoms with E-state index in [-0.39, 0.29) is 11.4 Å². The van der Waals surface area contributed by atoms with E-state index in [4.69, 9.17) is 9.57 Å². The number of rotatable bonds is 6. The number of hydrogen-bond acceptors (Lipinski definition) is 8. The van der Waals surface area contributed by atoms with E-state index in [0.29, 0.717) is 22.5 Å². The lowest BCUT2D eigenvalue weighted by atomic mass is 9.90. The van der Waals surface area contributed by atoms with Gasteiger partial charge in [-0.05, 0) is 54.4 Å². The molecular formula is C31H23N3O7. The van der Waals surface area contributed by atoms with Crippen LogP contribution in [-0.4, -0.2) is 28.8 Å². The predicted octanol–water partition coefficient (Wildman–Crippen LogP) is 5.17. The highest BCUT2D eigenvalue weighted by Gasteiger charge is 2.60. The Balaban J connectivity index is 1.37. The number of nitro groups is 1. The maximum absolute atomic E-state index is 13.9. The van der Waals surface area contributed by atoms with E-state index in [2.05, 4.69) is 0 Å². The van der Waals surface area contributed by atoms with Crippen LogP contribution < -0.4 is 14.7 Å². The van der Waals surface area contributed by atoms with Gasteiger partial charge in [-0.15, -0.1) is 0 Å². The summed E-state index contributed by atoms with van der Waals surface area (Å²) in [7, 11) is 0. The molecule has 0 aromatic heterocycles. The van der Waals surface area contributed by atoms with Crippen LogP contribution in [0.2, 0.25) is 0 Å². The lowest BCUT2D eigenvalue weighted by molar-refractivity contribution is -0.384. The monoisotopic (exact) mass is 549 g/mol. The summed E-state index contributed by atoms with van der Waals surface area (Å²) in [5.41, 5.74) is 2.38. The Hall–Kier alpha value is -5.35. The van der Waals surface area contributed by atoms with E-state index in [0.717, 1.165) is 10.5 Å². The zero-order valence-electron chi connectivity index (χ0n) is 21.7. The number of carbonyl (C=O) groups excluding carboxylic acids is 3. The first-order valence-corrected chi connectivity index (χ1v) is 12.8. The SMILES string of the molecule is Cc1ccccc1N1C(=O)[C@@H]2[C@@H](c3ccc(OC(=O)c4ccccc4)cc3)N(c3cccc([N+](=O)[O-])c3)O[C@H]2C1=O. The number of para-hydroxylation sites is 1. The summed E-state index contributed by atoms with van der Waals surface area (Å²) < 4.78 is 5.50. The molecule has 6 rings (SSSR count). The molecule has 2 heterocycles. The maximum atomic E-state index is 13.9. The molecule has 0 radical (unpaired) electrons. The molecule has 0 saturated carbocycles. The number of nitrogens with zero attached hydrogens (tertiary/aromatic N) is 3. The first-order valence-electron chi connectivity index (χ1n) is 12.8. The fraction of sp³-hybridized carbons (Fsp3) is 0.129. The minimum Gasteiger partial charge on any atom is -0.423 e. The topological polar surface area (TPSA) is 119 Å². The van der Waals surface area contributed by atoms with Crippen LogP contribution in [0, 0.1) is 23.0 Å². The smallest absolute Gasteiger partial charge is 0.343 e. The molecule has 41 heavy (non-hydrogen) atoms. The summed E-state index contributed by atoms with van der Waals surface area (Å²) in [6.07, 6.45) is -1.14. The Morgan fingerprint density at radius 1 is 0.878 bits per heavy atom. The summed E-state index contributed by atoms with van der Waals surface area (Å²) in [6.45, 7) is 1.81. The van der Waals surface area contributed by atoms with Crippen molar-refractivity contribution in [3.05, 3.63) is 130 Å². The van der Waals surface area contributed by atoms with E-state index >= 15 is 0 Å². The van der Waals surface area contributed by atoms with Crippen molar-refractivity contribution in [2.75, 3.05) is 9.96 Å². The van der Waals surface area contributed by atoms with Crippen LogP contribution >= 0.6 is 0 Å². The van der Waals surface area contributed by atoms with Crippen LogP contribution in [0.3, 0.4) is 0 Å². The summed E-state index contributed by atoms with van der Waals surface area (Å²) >= 11 is 0. The molecule has 3 atom stereocenters. The fourth-order valence-electron chi connectivity index (χ4n) is 5.25. The number of esters is 1. The number of benzene rings is 4. The van der Waals surface area contributed by atoms with Gasteiger partial charge in [0.1, 0.15) is 11.7 Å². The average Bonchev–Trinajstić information content (AvgIpc) is 3.50. The molecule has 0 N–H and O–H groups in total. The third-order valence-electron chi connectivity index (χ3n) is 7.21. The number of carbonyl (C=O) groups is 3. The molecule has 2 saturated heterocycles. The molecule has 10 nitrogen and oxygen atoms in total. The van der Waals surface area contributed by atoms with Crippen molar-refractivity contribution in [2.24, 2.45) is 5.92 Å². The quantitative estimate of drug-likeness (QED) is 0.106. The number of aryl methyl sites for hydroxylation is 1. The second-order valence-electron chi connectivity index (χ2n) is 9.72. The number of anilines is 2. The molecule has 2 amide bonds. The Kier molecular flexibility index (Phi) is 6.52. The third kappa shape index (κ3) is 4.60. The zero-order chi connectivity index (χ0) is 28.7. The van der Waals surface area contributed by atoms with Crippen LogP contribution in [0.4, 0.5) is 17.1 Å². The Morgan fingerprint density at radius 3 is 2.29 bits per heavy atom. The number of ether oxygens (including phenoxy) is 1. The van der Waals surface area contributed by atoms with Crippen molar-refractivity contribution in [2.45, 2.75) is 19.1 Å². The van der Waals surface area contributed by atoms with E-state index in [1.807, 2.05) is 19.1 Å². The summed E-state index contributed by atoms with van der Waals surface area (Å²) in [5, 5.41) is 12.9. The summed E-state index contributed by atoms with van der Waals surface area (Å²) in [4.78, 5) is 58.2. The normalized spacial score (nSPS) is 19.8. The first kappa shape index (κ1) is 25.9. The van der Waals surface area contributed by atoms with Gasteiger partial charge in [0, 0.05) is 12.1 Å². The van der Waals surface area contributed by atoms with Gasteiger partial charge in [-0.3, -0.25) is 24.5 Å². The van der Waals surface area contributed by atoms with Crippen LogP contribution in [0.1, 0.15) is 27.5 Å². The summed E-state index contributed by atoms with van der Waals surface area (Å²) in [5.74, 6) is -2.12. The molecule has 4 aromatic carbocycles. The third-order valence-corrected chi connectivity index (χ3v) is 7.21. The minimum absolute atomic E-state index is 0.163. The molecule has 2 aliphatic heterocycles. The first-order chi connectivity index (χ1) is 19.8. The Bertz CT molecular complexity index is 1670. The molecule has 204 valence electrons. The van der Waals surface area contributed by atoms with Gasteiger partial charge in [0.15, 0.2) is 6.10 Å². The molecule has 2 fully saturated rings. The number of fused-ring (bicyclic) bond motifs is 1. The van der Waals surface area contributed by atoms with Gasteiger partial charge in [-0.1, -0.05) is 54.6 Å². The molecule has 10 heteroatoms. The van der Waals surface area contributed by atoms with Gasteiger partial charge in [-0.25, -0.2) is 14.8 Å². The molecule has 0 aliphatic carbocycles. The zero-order valence-corrected chi connectivity index (χ0v) is 21.7. The lowest BCUT2D eigenvalue weighted by Gasteiger charge is -2.29. The Morgan fingerprint density at radius 2 is 1.59 bits per heavy atom. The highest BCUT2D eigenvalue weighted by molar-refractivity contribution is 6.24. The maximum Gasteiger partial charge on any atom is 0.343 e. The van der Waals surface area contributed by atoms with E-state index in [1.165, 1.54) is 23.3 Å². The number of non-ortho nitro benzene ring substituents is 1. The average molecular weight is 550 g/mol. The number of nitro benzene ring substituents is 1. The largest absolute Gasteiger partial charge is 0.423 e. The lowest BCUT2D eigenvalue weighted by Crippen LogP contribution is -2.37.